The fourth-order valence-corrected chi connectivity index (χ4v) is 5.87. The van der Waals surface area contributed by atoms with E-state index in [-0.39, 0.29) is 35.2 Å². The molecule has 180 valence electrons. The van der Waals surface area contributed by atoms with Crippen LogP contribution in [0.4, 0.5) is 14.6 Å². The average molecular weight is 476 g/mol. The van der Waals surface area contributed by atoms with Gasteiger partial charge in [-0.3, -0.25) is 9.88 Å². The van der Waals surface area contributed by atoms with Crippen LogP contribution >= 0.6 is 0 Å². The fraction of sp³-hybridized carbons (Fsp3) is 0.370. The van der Waals surface area contributed by atoms with Crippen molar-refractivity contribution in [2.45, 2.75) is 44.3 Å². The maximum absolute atomic E-state index is 16.0. The average Bonchev–Trinajstić information content (AvgIpc) is 3.38. The number of halogens is 2. The van der Waals surface area contributed by atoms with Crippen molar-refractivity contribution >= 4 is 27.5 Å². The normalized spacial score (nSPS) is 22.2. The lowest BCUT2D eigenvalue weighted by Gasteiger charge is -2.30. The second-order valence-corrected chi connectivity index (χ2v) is 9.61. The van der Waals surface area contributed by atoms with Crippen LogP contribution in [0.1, 0.15) is 31.7 Å². The van der Waals surface area contributed by atoms with E-state index in [2.05, 4.69) is 26.8 Å². The molecule has 6 nitrogen and oxygen atoms in total. The maximum Gasteiger partial charge on any atom is 0.319 e. The Morgan fingerprint density at radius 1 is 1.20 bits per heavy atom. The third kappa shape index (κ3) is 3.58. The van der Waals surface area contributed by atoms with E-state index in [0.717, 1.165) is 42.1 Å². The number of pyridine rings is 1. The number of aromatic nitrogens is 3. The van der Waals surface area contributed by atoms with E-state index in [4.69, 9.17) is 10.5 Å². The quantitative estimate of drug-likeness (QED) is 0.434. The molecule has 0 saturated carbocycles. The predicted molar refractivity (Wildman–Crippen MR) is 133 cm³/mol. The van der Waals surface area contributed by atoms with Crippen molar-refractivity contribution in [3.8, 4) is 17.3 Å². The molecule has 2 N–H and O–H groups in total. The fourth-order valence-electron chi connectivity index (χ4n) is 5.87. The first-order valence-electron chi connectivity index (χ1n) is 12.1. The SMILES string of the molecule is CCc1cccc2cccc(-c3ncc4c(N)nc(OC[C@@]56CCCN5C[C@H](F)C6)nc4c3F)c12. The van der Waals surface area contributed by atoms with E-state index in [1.165, 1.54) is 6.20 Å². The largest absolute Gasteiger partial charge is 0.461 e. The standard InChI is InChI=1S/C27H27F2N5O/c1-2-16-6-3-7-17-8-4-9-19(21(16)17)23-22(29)24-20(13-31-23)25(30)33-26(32-24)35-15-27-10-5-11-34(27)14-18(28)12-27/h3-4,6-9,13,18H,2,5,10-12,14-15H2,1H3,(H2,30,32,33)/t18-,27+/m1/s1. The number of fused-ring (bicyclic) bond motifs is 3. The molecular formula is C27H27F2N5O. The van der Waals surface area contributed by atoms with Gasteiger partial charge in [-0.1, -0.05) is 43.3 Å². The molecule has 35 heavy (non-hydrogen) atoms. The minimum absolute atomic E-state index is 0.00162. The van der Waals surface area contributed by atoms with Crippen molar-refractivity contribution in [2.75, 3.05) is 25.4 Å². The van der Waals surface area contributed by atoms with Gasteiger partial charge in [0.05, 0.1) is 10.9 Å². The molecule has 4 aromatic rings. The summed E-state index contributed by atoms with van der Waals surface area (Å²) < 4.78 is 36.0. The monoisotopic (exact) mass is 475 g/mol. The van der Waals surface area contributed by atoms with E-state index in [1.807, 2.05) is 36.4 Å². The first-order chi connectivity index (χ1) is 17.0. The van der Waals surface area contributed by atoms with Gasteiger partial charge < -0.3 is 10.5 Å². The van der Waals surface area contributed by atoms with Gasteiger partial charge in [0.25, 0.3) is 0 Å². The molecule has 0 bridgehead atoms. The van der Waals surface area contributed by atoms with Gasteiger partial charge in [0.1, 0.15) is 29.8 Å². The first kappa shape index (κ1) is 22.1. The lowest BCUT2D eigenvalue weighted by molar-refractivity contribution is 0.107. The minimum Gasteiger partial charge on any atom is -0.461 e. The molecule has 0 spiro atoms. The van der Waals surface area contributed by atoms with Gasteiger partial charge in [0.2, 0.25) is 0 Å². The highest BCUT2D eigenvalue weighted by molar-refractivity contribution is 6.00. The molecule has 0 aliphatic carbocycles. The molecule has 2 aliphatic heterocycles. The molecule has 2 fully saturated rings. The zero-order chi connectivity index (χ0) is 24.2. The number of hydrogen-bond acceptors (Lipinski definition) is 6. The molecule has 2 atom stereocenters. The molecule has 2 saturated heterocycles. The number of nitrogen functional groups attached to an aromatic ring is 1. The number of nitrogens with zero attached hydrogens (tertiary/aromatic N) is 4. The number of rotatable bonds is 5. The molecule has 8 heteroatoms. The molecule has 0 amide bonds. The van der Waals surface area contributed by atoms with E-state index in [0.29, 0.717) is 23.9 Å². The Labute approximate surface area is 202 Å². The summed E-state index contributed by atoms with van der Waals surface area (Å²) in [6, 6.07) is 11.9. The van der Waals surface area contributed by atoms with E-state index < -0.39 is 12.0 Å². The summed E-state index contributed by atoms with van der Waals surface area (Å²) in [6.45, 7) is 3.62. The minimum atomic E-state index is -0.860. The number of aryl methyl sites for hydroxylation is 1. The zero-order valence-corrected chi connectivity index (χ0v) is 19.6. The Morgan fingerprint density at radius 2 is 2.03 bits per heavy atom. The van der Waals surface area contributed by atoms with Gasteiger partial charge in [0, 0.05) is 24.7 Å². The highest BCUT2D eigenvalue weighted by atomic mass is 19.1. The van der Waals surface area contributed by atoms with Crippen LogP contribution in [-0.4, -0.2) is 51.3 Å². The smallest absolute Gasteiger partial charge is 0.319 e. The highest BCUT2D eigenvalue weighted by Crippen LogP contribution is 2.40. The second kappa shape index (κ2) is 8.37. The van der Waals surface area contributed by atoms with Crippen molar-refractivity contribution in [1.82, 2.24) is 19.9 Å². The number of nitrogens with two attached hydrogens (primary N) is 1. The summed E-state index contributed by atoms with van der Waals surface area (Å²) in [6.07, 6.45) is 3.77. The van der Waals surface area contributed by atoms with E-state index in [1.54, 1.807) is 0 Å². The molecule has 0 radical (unpaired) electrons. The zero-order valence-electron chi connectivity index (χ0n) is 19.6. The molecule has 2 aliphatic rings. The molecule has 0 unspecified atom stereocenters. The number of alkyl halides is 1. The number of anilines is 1. The van der Waals surface area contributed by atoms with Crippen LogP contribution in [0.2, 0.25) is 0 Å². The molecule has 2 aromatic carbocycles. The Kier molecular flexibility index (Phi) is 5.29. The van der Waals surface area contributed by atoms with E-state index in [9.17, 15) is 4.39 Å². The van der Waals surface area contributed by atoms with Gasteiger partial charge in [-0.2, -0.15) is 9.97 Å². The summed E-state index contributed by atoms with van der Waals surface area (Å²) in [5.74, 6) is -0.462. The summed E-state index contributed by atoms with van der Waals surface area (Å²) in [7, 11) is 0. The van der Waals surface area contributed by atoms with Crippen LogP contribution in [0, 0.1) is 5.82 Å². The Balaban J connectivity index is 1.41. The number of hydrogen-bond donors (Lipinski definition) is 1. The molecule has 2 aromatic heterocycles. The van der Waals surface area contributed by atoms with Crippen LogP contribution < -0.4 is 10.5 Å². The third-order valence-corrected chi connectivity index (χ3v) is 7.55. The predicted octanol–water partition coefficient (Wildman–Crippen LogP) is 5.08. The first-order valence-corrected chi connectivity index (χ1v) is 12.1. The van der Waals surface area contributed by atoms with Crippen LogP contribution in [0.3, 0.4) is 0 Å². The van der Waals surface area contributed by atoms with Crippen molar-refractivity contribution in [1.29, 1.82) is 0 Å². The van der Waals surface area contributed by atoms with Crippen LogP contribution in [0.25, 0.3) is 32.9 Å². The lowest BCUT2D eigenvalue weighted by atomic mass is 9.95. The highest BCUT2D eigenvalue weighted by Gasteiger charge is 2.49. The van der Waals surface area contributed by atoms with Gasteiger partial charge in [-0.25, -0.2) is 8.78 Å². The van der Waals surface area contributed by atoms with Crippen LogP contribution in [0.5, 0.6) is 6.01 Å². The topological polar surface area (TPSA) is 77.2 Å². The number of ether oxygens (including phenoxy) is 1. The molecule has 6 rings (SSSR count). The van der Waals surface area contributed by atoms with Gasteiger partial charge >= 0.3 is 6.01 Å². The summed E-state index contributed by atoms with van der Waals surface area (Å²) in [5.41, 5.74) is 7.91. The summed E-state index contributed by atoms with van der Waals surface area (Å²) in [4.78, 5) is 15.2. The van der Waals surface area contributed by atoms with Gasteiger partial charge in [-0.15, -0.1) is 0 Å². The Morgan fingerprint density at radius 3 is 2.86 bits per heavy atom. The molecule has 4 heterocycles. The van der Waals surface area contributed by atoms with Crippen molar-refractivity contribution < 1.29 is 13.5 Å². The molecular weight excluding hydrogens is 448 g/mol. The van der Waals surface area contributed by atoms with Gasteiger partial charge in [-0.05, 0) is 42.1 Å². The Hall–Kier alpha value is -3.39. The third-order valence-electron chi connectivity index (χ3n) is 7.55. The van der Waals surface area contributed by atoms with Crippen molar-refractivity contribution in [3.05, 3.63) is 54.0 Å². The Bertz CT molecular complexity index is 1440. The van der Waals surface area contributed by atoms with Crippen LogP contribution in [-0.2, 0) is 6.42 Å². The van der Waals surface area contributed by atoms with Crippen molar-refractivity contribution in [2.24, 2.45) is 0 Å². The van der Waals surface area contributed by atoms with Gasteiger partial charge in [0.15, 0.2) is 5.82 Å². The lowest BCUT2D eigenvalue weighted by Crippen LogP contribution is -2.43. The summed E-state index contributed by atoms with van der Waals surface area (Å²) in [5, 5.41) is 2.33. The van der Waals surface area contributed by atoms with Crippen molar-refractivity contribution in [3.63, 3.8) is 0 Å². The van der Waals surface area contributed by atoms with E-state index >= 15 is 4.39 Å². The van der Waals surface area contributed by atoms with Crippen LogP contribution in [0.15, 0.2) is 42.6 Å². The number of benzene rings is 2. The maximum atomic E-state index is 16.0. The summed E-state index contributed by atoms with van der Waals surface area (Å²) >= 11 is 0. The second-order valence-electron chi connectivity index (χ2n) is 9.61.